The van der Waals surface area contributed by atoms with E-state index < -0.39 is 29.8 Å². The van der Waals surface area contributed by atoms with Gasteiger partial charge in [-0.2, -0.15) is 0 Å². The molecule has 2 N–H and O–H groups in total. The van der Waals surface area contributed by atoms with E-state index in [0.29, 0.717) is 0 Å². The molecule has 1 heterocycles. The largest absolute Gasteiger partial charge is 0.480 e. The highest BCUT2D eigenvalue weighted by Gasteiger charge is 2.41. The average molecular weight is 378 g/mol. The van der Waals surface area contributed by atoms with Crippen molar-refractivity contribution >= 4 is 18.2 Å². The summed E-state index contributed by atoms with van der Waals surface area (Å²) in [6.07, 6.45) is -1.00. The van der Waals surface area contributed by atoms with E-state index in [1.54, 1.807) is 20.8 Å². The minimum atomic E-state index is -1.09. The Morgan fingerprint density at radius 2 is 1.89 bits per heavy atom. The fraction of sp³-hybridized carbons (Fsp3) is 0.526. The van der Waals surface area contributed by atoms with E-state index in [-0.39, 0.29) is 32.0 Å². The topological polar surface area (TPSA) is 105 Å². The lowest BCUT2D eigenvalue weighted by atomic mass is 10.1. The molecule has 8 nitrogen and oxygen atoms in total. The van der Waals surface area contributed by atoms with E-state index in [9.17, 15) is 19.5 Å². The Morgan fingerprint density at radius 1 is 1.22 bits per heavy atom. The number of aliphatic carboxylic acids is 1. The molecular weight excluding hydrogens is 352 g/mol. The van der Waals surface area contributed by atoms with Gasteiger partial charge in [0.05, 0.1) is 0 Å². The van der Waals surface area contributed by atoms with Crippen molar-refractivity contribution in [3.8, 4) is 0 Å². The summed E-state index contributed by atoms with van der Waals surface area (Å²) in [4.78, 5) is 36.8. The predicted octanol–water partition coefficient (Wildman–Crippen LogP) is 2.62. The molecule has 148 valence electrons. The molecule has 27 heavy (non-hydrogen) atoms. The summed E-state index contributed by atoms with van der Waals surface area (Å²) >= 11 is 0. The highest BCUT2D eigenvalue weighted by atomic mass is 16.6. The van der Waals surface area contributed by atoms with Gasteiger partial charge in [-0.15, -0.1) is 0 Å². The van der Waals surface area contributed by atoms with E-state index in [2.05, 4.69) is 5.32 Å². The summed E-state index contributed by atoms with van der Waals surface area (Å²) < 4.78 is 10.4. The molecule has 1 aliphatic rings. The van der Waals surface area contributed by atoms with Crippen LogP contribution in [-0.4, -0.2) is 52.9 Å². The van der Waals surface area contributed by atoms with E-state index >= 15 is 0 Å². The van der Waals surface area contributed by atoms with Crippen molar-refractivity contribution < 1.29 is 29.0 Å². The van der Waals surface area contributed by atoms with Crippen molar-refractivity contribution in [2.45, 2.75) is 45.4 Å². The third-order valence-electron chi connectivity index (χ3n) is 4.05. The number of ether oxygens (including phenoxy) is 2. The minimum absolute atomic E-state index is 0.152. The number of likely N-dealkylation sites (tertiary alicyclic amines) is 1. The van der Waals surface area contributed by atoms with Crippen LogP contribution in [0.1, 0.15) is 32.8 Å². The quantitative estimate of drug-likeness (QED) is 0.816. The second-order valence-electron chi connectivity index (χ2n) is 7.53. The Balaban J connectivity index is 1.83. The number of nitrogens with one attached hydrogen (secondary N) is 1. The summed E-state index contributed by atoms with van der Waals surface area (Å²) in [5.74, 6) is -1.28. The molecule has 0 unspecified atom stereocenters. The third kappa shape index (κ3) is 6.47. The molecule has 0 bridgehead atoms. The lowest BCUT2D eigenvalue weighted by molar-refractivity contribution is -0.142. The molecule has 0 spiro atoms. The van der Waals surface area contributed by atoms with Gasteiger partial charge < -0.3 is 19.9 Å². The van der Waals surface area contributed by atoms with Crippen LogP contribution in [-0.2, 0) is 20.9 Å². The maximum Gasteiger partial charge on any atom is 0.411 e. The normalized spacial score (nSPS) is 19.4. The fourth-order valence-electron chi connectivity index (χ4n) is 2.83. The summed E-state index contributed by atoms with van der Waals surface area (Å²) in [6, 6.07) is 8.31. The highest BCUT2D eigenvalue weighted by molar-refractivity contribution is 5.81. The predicted molar refractivity (Wildman–Crippen MR) is 97.1 cm³/mol. The standard InChI is InChI=1S/C19H26N2O6/c1-19(2,3)27-18(25)21-11-14(9-15(21)16(22)23)10-20-17(24)26-12-13-7-5-4-6-8-13/h4-8,14-15H,9-12H2,1-3H3,(H,20,24)(H,22,23)/t14-,15+/m1/s1. The van der Waals surface area contributed by atoms with Crippen LogP contribution in [0.25, 0.3) is 0 Å². The Kier molecular flexibility index (Phi) is 6.65. The molecule has 1 aromatic carbocycles. The van der Waals surface area contributed by atoms with Gasteiger partial charge in [0, 0.05) is 13.1 Å². The number of carboxylic acids is 1. The maximum absolute atomic E-state index is 12.2. The van der Waals surface area contributed by atoms with Gasteiger partial charge in [0.2, 0.25) is 0 Å². The van der Waals surface area contributed by atoms with Crippen LogP contribution in [0.5, 0.6) is 0 Å². The monoisotopic (exact) mass is 378 g/mol. The Morgan fingerprint density at radius 3 is 2.48 bits per heavy atom. The van der Waals surface area contributed by atoms with Crippen molar-refractivity contribution in [1.29, 1.82) is 0 Å². The van der Waals surface area contributed by atoms with Crippen LogP contribution in [0, 0.1) is 5.92 Å². The van der Waals surface area contributed by atoms with Crippen molar-refractivity contribution in [1.82, 2.24) is 10.2 Å². The average Bonchev–Trinajstić information content (AvgIpc) is 3.02. The summed E-state index contributed by atoms with van der Waals surface area (Å²) in [7, 11) is 0. The minimum Gasteiger partial charge on any atom is -0.480 e. The van der Waals surface area contributed by atoms with Crippen molar-refractivity contribution in [2.75, 3.05) is 13.1 Å². The van der Waals surface area contributed by atoms with Crippen LogP contribution in [0.4, 0.5) is 9.59 Å². The van der Waals surface area contributed by atoms with Gasteiger partial charge in [-0.1, -0.05) is 30.3 Å². The Labute approximate surface area is 158 Å². The second-order valence-corrected chi connectivity index (χ2v) is 7.53. The van der Waals surface area contributed by atoms with Crippen molar-refractivity contribution in [3.05, 3.63) is 35.9 Å². The Bertz CT molecular complexity index is 671. The Hall–Kier alpha value is -2.77. The van der Waals surface area contributed by atoms with Crippen molar-refractivity contribution in [3.63, 3.8) is 0 Å². The number of amides is 2. The van der Waals surface area contributed by atoms with Gasteiger partial charge in [-0.25, -0.2) is 14.4 Å². The van der Waals surface area contributed by atoms with Gasteiger partial charge in [-0.3, -0.25) is 4.90 Å². The van der Waals surface area contributed by atoms with Gasteiger partial charge >= 0.3 is 18.2 Å². The number of hydrogen-bond donors (Lipinski definition) is 2. The van der Waals surface area contributed by atoms with E-state index in [0.717, 1.165) is 5.56 Å². The van der Waals surface area contributed by atoms with E-state index in [1.165, 1.54) is 4.90 Å². The fourth-order valence-corrected chi connectivity index (χ4v) is 2.83. The zero-order valence-corrected chi connectivity index (χ0v) is 15.8. The second kappa shape index (κ2) is 8.75. The smallest absolute Gasteiger partial charge is 0.411 e. The first kappa shape index (κ1) is 20.5. The molecule has 8 heteroatoms. The van der Waals surface area contributed by atoms with Crippen molar-refractivity contribution in [2.24, 2.45) is 5.92 Å². The first-order chi connectivity index (χ1) is 12.7. The first-order valence-corrected chi connectivity index (χ1v) is 8.82. The number of nitrogens with zero attached hydrogens (tertiary/aromatic N) is 1. The zero-order chi connectivity index (χ0) is 20.0. The van der Waals surface area contributed by atoms with Gasteiger partial charge in [0.15, 0.2) is 0 Å². The molecule has 2 amide bonds. The van der Waals surface area contributed by atoms with E-state index in [1.807, 2.05) is 30.3 Å². The van der Waals surface area contributed by atoms with Crippen LogP contribution in [0.3, 0.4) is 0 Å². The van der Waals surface area contributed by atoms with Crippen LogP contribution in [0.2, 0.25) is 0 Å². The molecule has 0 aliphatic carbocycles. The molecule has 1 fully saturated rings. The highest BCUT2D eigenvalue weighted by Crippen LogP contribution is 2.25. The molecular formula is C19H26N2O6. The number of alkyl carbamates (subject to hydrolysis) is 1. The van der Waals surface area contributed by atoms with Gasteiger partial charge in [0.1, 0.15) is 18.2 Å². The number of benzene rings is 1. The molecule has 1 aromatic rings. The molecule has 1 saturated heterocycles. The van der Waals surface area contributed by atoms with Crippen LogP contribution < -0.4 is 5.32 Å². The van der Waals surface area contributed by atoms with Gasteiger partial charge in [-0.05, 0) is 38.7 Å². The lowest BCUT2D eigenvalue weighted by Crippen LogP contribution is -2.43. The third-order valence-corrected chi connectivity index (χ3v) is 4.05. The van der Waals surface area contributed by atoms with E-state index in [4.69, 9.17) is 9.47 Å². The molecule has 0 aromatic heterocycles. The molecule has 0 saturated carbocycles. The number of rotatable bonds is 5. The molecule has 1 aliphatic heterocycles. The van der Waals surface area contributed by atoms with Crippen LogP contribution >= 0.6 is 0 Å². The summed E-state index contributed by atoms with van der Waals surface area (Å²) in [5.41, 5.74) is 0.160. The first-order valence-electron chi connectivity index (χ1n) is 8.82. The van der Waals surface area contributed by atoms with Gasteiger partial charge in [0.25, 0.3) is 0 Å². The summed E-state index contributed by atoms with van der Waals surface area (Å²) in [6.45, 7) is 5.73. The number of carbonyl (C=O) groups is 3. The maximum atomic E-state index is 12.2. The number of carbonyl (C=O) groups excluding carboxylic acids is 2. The van der Waals surface area contributed by atoms with Crippen LogP contribution in [0.15, 0.2) is 30.3 Å². The summed E-state index contributed by atoms with van der Waals surface area (Å²) in [5, 5.41) is 12.0. The molecule has 2 atom stereocenters. The molecule has 0 radical (unpaired) electrons. The molecule has 2 rings (SSSR count). The number of hydrogen-bond acceptors (Lipinski definition) is 5. The SMILES string of the molecule is CC(C)(C)OC(=O)N1C[C@@H](CNC(=O)OCc2ccccc2)C[C@H]1C(=O)O. The lowest BCUT2D eigenvalue weighted by Gasteiger charge is -2.26. The number of carboxylic acid groups (broad SMARTS) is 1. The zero-order valence-electron chi connectivity index (χ0n) is 15.8.